The van der Waals surface area contributed by atoms with Gasteiger partial charge < -0.3 is 0 Å². The number of rotatable bonds is 5. The Balaban J connectivity index is 2.28. The second-order valence-electron chi connectivity index (χ2n) is 5.75. The molecule has 1 fully saturated rings. The van der Waals surface area contributed by atoms with Crippen molar-refractivity contribution in [3.63, 3.8) is 0 Å². The van der Waals surface area contributed by atoms with Gasteiger partial charge in [-0.25, -0.2) is 0 Å². The van der Waals surface area contributed by atoms with Crippen molar-refractivity contribution in [3.8, 4) is 0 Å². The smallest absolute Gasteiger partial charge is 0.0850 e. The highest BCUT2D eigenvalue weighted by molar-refractivity contribution is 9.09. The molecule has 2 nitrogen and oxygen atoms in total. The summed E-state index contributed by atoms with van der Waals surface area (Å²) in [5.41, 5.74) is 2.70. The molecule has 0 aliphatic heterocycles. The van der Waals surface area contributed by atoms with E-state index in [1.54, 1.807) is 0 Å². The molecule has 0 amide bonds. The Hall–Kier alpha value is -0.0200. The van der Waals surface area contributed by atoms with Crippen LogP contribution in [0.15, 0.2) is 0 Å². The van der Waals surface area contributed by atoms with Crippen LogP contribution in [-0.4, -0.2) is 15.1 Å². The molecule has 4 heteroatoms. The monoisotopic (exact) mass is 346 g/mol. The second kappa shape index (κ2) is 6.62. The van der Waals surface area contributed by atoms with Crippen molar-refractivity contribution in [1.29, 1.82) is 0 Å². The van der Waals surface area contributed by atoms with E-state index in [2.05, 4.69) is 39.6 Å². The number of hydrogen-bond acceptors (Lipinski definition) is 1. The fourth-order valence-corrected chi connectivity index (χ4v) is 4.30. The van der Waals surface area contributed by atoms with Crippen molar-refractivity contribution in [3.05, 3.63) is 16.4 Å². The number of halogens is 2. The first-order valence-electron chi connectivity index (χ1n) is 7.46. The molecule has 1 aliphatic carbocycles. The Kier molecular flexibility index (Phi) is 5.36. The maximum Gasteiger partial charge on any atom is 0.0850 e. The van der Waals surface area contributed by atoms with Crippen molar-refractivity contribution in [2.45, 2.75) is 65.3 Å². The normalized spacial score (nSPS) is 18.7. The number of hydrogen-bond donors (Lipinski definition) is 0. The van der Waals surface area contributed by atoms with Crippen molar-refractivity contribution in [1.82, 2.24) is 9.78 Å². The zero-order chi connectivity index (χ0) is 13.9. The Morgan fingerprint density at radius 2 is 1.95 bits per heavy atom. The van der Waals surface area contributed by atoms with Gasteiger partial charge in [0.2, 0.25) is 0 Å². The van der Waals surface area contributed by atoms with E-state index in [9.17, 15) is 0 Å². The average molecular weight is 348 g/mol. The molecule has 2 rings (SSSR count). The first-order chi connectivity index (χ1) is 9.15. The summed E-state index contributed by atoms with van der Waals surface area (Å²) in [6.45, 7) is 5.18. The molecule has 1 saturated carbocycles. The van der Waals surface area contributed by atoms with Crippen LogP contribution in [0.3, 0.4) is 0 Å². The van der Waals surface area contributed by atoms with E-state index in [0.717, 1.165) is 35.4 Å². The molecule has 0 bridgehead atoms. The maximum atomic E-state index is 6.55. The predicted molar refractivity (Wildman–Crippen MR) is 85.3 cm³/mol. The molecule has 0 N–H and O–H groups in total. The van der Waals surface area contributed by atoms with Gasteiger partial charge in [0.1, 0.15) is 0 Å². The molecule has 19 heavy (non-hydrogen) atoms. The molecule has 1 aromatic heterocycles. The first kappa shape index (κ1) is 15.4. The highest BCUT2D eigenvalue weighted by atomic mass is 79.9. The summed E-state index contributed by atoms with van der Waals surface area (Å²) in [7, 11) is 0. The minimum atomic E-state index is 0.389. The third-order valence-corrected chi connectivity index (χ3v) is 6.06. The summed E-state index contributed by atoms with van der Waals surface area (Å²) in [4.78, 5) is 0. The number of nitrogens with zero attached hydrogens (tertiary/aromatic N) is 2. The van der Waals surface area contributed by atoms with Gasteiger partial charge in [0.25, 0.3) is 0 Å². The lowest BCUT2D eigenvalue weighted by atomic mass is 9.72. The van der Waals surface area contributed by atoms with Gasteiger partial charge in [-0.05, 0) is 38.0 Å². The summed E-state index contributed by atoms with van der Waals surface area (Å²) in [6.07, 6.45) is 8.69. The van der Waals surface area contributed by atoms with Crippen molar-refractivity contribution >= 4 is 27.5 Å². The van der Waals surface area contributed by atoms with Gasteiger partial charge in [0.15, 0.2) is 0 Å². The zero-order valence-electron chi connectivity index (χ0n) is 12.0. The third-order valence-electron chi connectivity index (χ3n) is 4.43. The lowest BCUT2D eigenvalue weighted by Crippen LogP contribution is -2.29. The Labute approximate surface area is 130 Å². The van der Waals surface area contributed by atoms with Crippen LogP contribution in [0.2, 0.25) is 5.02 Å². The lowest BCUT2D eigenvalue weighted by molar-refractivity contribution is 0.218. The van der Waals surface area contributed by atoms with Crippen LogP contribution < -0.4 is 0 Å². The van der Waals surface area contributed by atoms with Gasteiger partial charge in [0, 0.05) is 11.9 Å². The molecule has 0 aromatic carbocycles. The number of alkyl halides is 1. The van der Waals surface area contributed by atoms with E-state index >= 15 is 0 Å². The van der Waals surface area contributed by atoms with E-state index in [4.69, 9.17) is 11.6 Å². The van der Waals surface area contributed by atoms with E-state index in [1.165, 1.54) is 37.8 Å². The number of aryl methyl sites for hydroxylation is 2. The molecule has 0 atom stereocenters. The van der Waals surface area contributed by atoms with Crippen LogP contribution in [0.5, 0.6) is 0 Å². The molecule has 0 saturated heterocycles. The first-order valence-corrected chi connectivity index (χ1v) is 8.95. The molecule has 0 unspecified atom stereocenters. The quantitative estimate of drug-likeness (QED) is 0.685. The van der Waals surface area contributed by atoms with Crippen LogP contribution in [0, 0.1) is 5.41 Å². The minimum absolute atomic E-state index is 0.389. The van der Waals surface area contributed by atoms with Gasteiger partial charge >= 0.3 is 0 Å². The van der Waals surface area contributed by atoms with Gasteiger partial charge in [-0.3, -0.25) is 4.68 Å². The van der Waals surface area contributed by atoms with Crippen LogP contribution in [0.4, 0.5) is 0 Å². The van der Waals surface area contributed by atoms with Gasteiger partial charge in [-0.2, -0.15) is 5.10 Å². The summed E-state index contributed by atoms with van der Waals surface area (Å²) < 4.78 is 2.11. The topological polar surface area (TPSA) is 17.8 Å². The van der Waals surface area contributed by atoms with Crippen LogP contribution >= 0.6 is 27.5 Å². The Morgan fingerprint density at radius 1 is 1.26 bits per heavy atom. The SMILES string of the molecule is CCc1nn(CC)c(CC2(CBr)CCCCC2)c1Cl. The van der Waals surface area contributed by atoms with Crippen molar-refractivity contribution < 1.29 is 0 Å². The van der Waals surface area contributed by atoms with E-state index in [-0.39, 0.29) is 0 Å². The summed E-state index contributed by atoms with van der Waals surface area (Å²) in [5, 5.41) is 6.64. The van der Waals surface area contributed by atoms with Gasteiger partial charge in [-0.15, -0.1) is 0 Å². The average Bonchev–Trinajstić information content (AvgIpc) is 2.76. The van der Waals surface area contributed by atoms with E-state index < -0.39 is 0 Å². The Morgan fingerprint density at radius 3 is 2.47 bits per heavy atom. The van der Waals surface area contributed by atoms with Crippen LogP contribution in [0.25, 0.3) is 0 Å². The third kappa shape index (κ3) is 3.18. The second-order valence-corrected chi connectivity index (χ2v) is 6.69. The molecule has 0 radical (unpaired) electrons. The summed E-state index contributed by atoms with van der Waals surface area (Å²) >= 11 is 10.3. The minimum Gasteiger partial charge on any atom is -0.268 e. The fraction of sp³-hybridized carbons (Fsp3) is 0.800. The molecule has 108 valence electrons. The van der Waals surface area contributed by atoms with E-state index in [0.29, 0.717) is 5.41 Å². The van der Waals surface area contributed by atoms with Gasteiger partial charge in [-0.1, -0.05) is 53.7 Å². The van der Waals surface area contributed by atoms with Crippen molar-refractivity contribution in [2.75, 3.05) is 5.33 Å². The molecule has 1 heterocycles. The largest absolute Gasteiger partial charge is 0.268 e. The Bertz CT molecular complexity index is 422. The summed E-state index contributed by atoms with van der Waals surface area (Å²) in [6, 6.07) is 0. The van der Waals surface area contributed by atoms with E-state index in [1.807, 2.05) is 0 Å². The highest BCUT2D eigenvalue weighted by Crippen LogP contribution is 2.42. The molecular formula is C15H24BrClN2. The lowest BCUT2D eigenvalue weighted by Gasteiger charge is -2.36. The maximum absolute atomic E-state index is 6.55. The van der Waals surface area contributed by atoms with Crippen molar-refractivity contribution in [2.24, 2.45) is 5.41 Å². The van der Waals surface area contributed by atoms with Gasteiger partial charge in [0.05, 0.1) is 16.4 Å². The molecular weight excluding hydrogens is 324 g/mol. The number of aromatic nitrogens is 2. The predicted octanol–water partition coefficient (Wildman–Crippen LogP) is 5.01. The standard InChI is InChI=1S/C15H24BrClN2/c1-3-12-14(17)13(19(4-2)18-12)10-15(11-16)8-6-5-7-9-15/h3-11H2,1-2H3. The van der Waals surface area contributed by atoms with Crippen LogP contribution in [-0.2, 0) is 19.4 Å². The fourth-order valence-electron chi connectivity index (χ4n) is 3.20. The molecule has 1 aliphatic rings. The molecule has 0 spiro atoms. The summed E-state index contributed by atoms with van der Waals surface area (Å²) in [5.74, 6) is 0. The molecule has 1 aromatic rings. The highest BCUT2D eigenvalue weighted by Gasteiger charge is 2.33. The zero-order valence-corrected chi connectivity index (χ0v) is 14.4. The van der Waals surface area contributed by atoms with Crippen LogP contribution in [0.1, 0.15) is 57.3 Å².